The predicted octanol–water partition coefficient (Wildman–Crippen LogP) is 3.17. The third kappa shape index (κ3) is 2.73. The van der Waals surface area contributed by atoms with Crippen LogP contribution in [0.25, 0.3) is 5.69 Å². The fourth-order valence-electron chi connectivity index (χ4n) is 1.35. The van der Waals surface area contributed by atoms with Crippen LogP contribution in [0.15, 0.2) is 41.4 Å². The van der Waals surface area contributed by atoms with Crippen LogP contribution in [-0.2, 0) is 11.0 Å². The second-order valence-electron chi connectivity index (χ2n) is 3.35. The van der Waals surface area contributed by atoms with Crippen LogP contribution in [0.5, 0.6) is 0 Å². The van der Waals surface area contributed by atoms with Gasteiger partial charge in [0.05, 0.1) is 5.69 Å². The standard InChI is InChI=1S/C11H7F3N2OS/c12-11(13,14)10-5-6-16(15-10)8-1-3-9(4-2-8)18-7-17/h1-7H. The highest BCUT2D eigenvalue weighted by molar-refractivity contribution is 8.11. The van der Waals surface area contributed by atoms with E-state index in [9.17, 15) is 18.0 Å². The van der Waals surface area contributed by atoms with Crippen LogP contribution in [0, 0.1) is 0 Å². The number of halogens is 3. The zero-order valence-corrected chi connectivity index (χ0v) is 9.70. The first-order chi connectivity index (χ1) is 8.50. The summed E-state index contributed by atoms with van der Waals surface area (Å²) < 4.78 is 38.2. The summed E-state index contributed by atoms with van der Waals surface area (Å²) in [5.74, 6) is 0. The van der Waals surface area contributed by atoms with Gasteiger partial charge in [0.2, 0.25) is 0 Å². The van der Waals surface area contributed by atoms with Crippen molar-refractivity contribution in [3.8, 4) is 5.69 Å². The van der Waals surface area contributed by atoms with Crippen molar-refractivity contribution in [1.82, 2.24) is 9.78 Å². The van der Waals surface area contributed by atoms with E-state index in [4.69, 9.17) is 0 Å². The summed E-state index contributed by atoms with van der Waals surface area (Å²) >= 11 is 0.998. The average Bonchev–Trinajstić information content (AvgIpc) is 2.79. The summed E-state index contributed by atoms with van der Waals surface area (Å²) in [4.78, 5) is 11.0. The van der Waals surface area contributed by atoms with Crippen molar-refractivity contribution in [1.29, 1.82) is 0 Å². The summed E-state index contributed by atoms with van der Waals surface area (Å²) in [7, 11) is 0. The molecule has 1 aromatic carbocycles. The maximum absolute atomic E-state index is 12.4. The monoisotopic (exact) mass is 272 g/mol. The Bertz CT molecular complexity index is 548. The van der Waals surface area contributed by atoms with Gasteiger partial charge in [-0.2, -0.15) is 18.3 Å². The molecule has 0 aliphatic carbocycles. The molecule has 1 heterocycles. The molecule has 94 valence electrons. The van der Waals surface area contributed by atoms with Crippen molar-refractivity contribution in [2.45, 2.75) is 11.1 Å². The molecule has 0 saturated carbocycles. The molecule has 2 aromatic rings. The molecule has 0 unspecified atom stereocenters. The van der Waals surface area contributed by atoms with Gasteiger partial charge in [-0.15, -0.1) is 0 Å². The first-order valence-corrected chi connectivity index (χ1v) is 5.72. The van der Waals surface area contributed by atoms with Gasteiger partial charge >= 0.3 is 6.18 Å². The number of rotatable bonds is 3. The molecule has 1 aromatic heterocycles. The van der Waals surface area contributed by atoms with Gasteiger partial charge in [-0.25, -0.2) is 4.68 Å². The van der Waals surface area contributed by atoms with E-state index in [1.807, 2.05) is 0 Å². The minimum atomic E-state index is -4.45. The Morgan fingerprint density at radius 1 is 1.17 bits per heavy atom. The second kappa shape index (κ2) is 4.85. The smallest absolute Gasteiger partial charge is 0.291 e. The van der Waals surface area contributed by atoms with E-state index in [-0.39, 0.29) is 0 Å². The molecule has 0 fully saturated rings. The molecule has 2 rings (SSSR count). The molecule has 0 amide bonds. The number of thioether (sulfide) groups is 1. The summed E-state index contributed by atoms with van der Waals surface area (Å²) in [5, 5.41) is 3.44. The van der Waals surface area contributed by atoms with Crippen LogP contribution in [-0.4, -0.2) is 15.4 Å². The third-order valence-electron chi connectivity index (χ3n) is 2.16. The topological polar surface area (TPSA) is 34.9 Å². The van der Waals surface area contributed by atoms with E-state index >= 15 is 0 Å². The van der Waals surface area contributed by atoms with Gasteiger partial charge in [0.15, 0.2) is 11.3 Å². The first kappa shape index (κ1) is 12.7. The highest BCUT2D eigenvalue weighted by atomic mass is 32.2. The number of hydrogen-bond donors (Lipinski definition) is 0. The normalized spacial score (nSPS) is 11.5. The quantitative estimate of drug-likeness (QED) is 0.636. The van der Waals surface area contributed by atoms with Gasteiger partial charge in [-0.05, 0) is 30.3 Å². The lowest BCUT2D eigenvalue weighted by Crippen LogP contribution is -2.07. The van der Waals surface area contributed by atoms with Gasteiger partial charge in [-0.3, -0.25) is 4.79 Å². The highest BCUT2D eigenvalue weighted by Crippen LogP contribution is 2.28. The minimum absolute atomic E-state index is 0.501. The lowest BCUT2D eigenvalue weighted by Gasteiger charge is -2.03. The zero-order valence-electron chi connectivity index (χ0n) is 8.89. The van der Waals surface area contributed by atoms with Gasteiger partial charge in [-0.1, -0.05) is 11.8 Å². The molecule has 0 atom stereocenters. The van der Waals surface area contributed by atoms with E-state index < -0.39 is 11.9 Å². The Balaban J connectivity index is 2.26. The van der Waals surface area contributed by atoms with Gasteiger partial charge in [0.1, 0.15) is 0 Å². The SMILES string of the molecule is O=CSc1ccc(-n2ccc(C(F)(F)F)n2)cc1. The maximum Gasteiger partial charge on any atom is 0.435 e. The molecular weight excluding hydrogens is 265 g/mol. The van der Waals surface area contributed by atoms with Crippen molar-refractivity contribution in [2.75, 3.05) is 0 Å². The Hall–Kier alpha value is -1.76. The molecule has 0 radical (unpaired) electrons. The number of nitrogens with zero attached hydrogens (tertiary/aromatic N) is 2. The number of aromatic nitrogens is 2. The molecule has 3 nitrogen and oxygen atoms in total. The Kier molecular flexibility index (Phi) is 3.42. The fraction of sp³-hybridized carbons (Fsp3) is 0.0909. The number of carbonyl (C=O) groups is 1. The van der Waals surface area contributed by atoms with Crippen molar-refractivity contribution in [2.24, 2.45) is 0 Å². The van der Waals surface area contributed by atoms with Crippen LogP contribution in [0.2, 0.25) is 0 Å². The van der Waals surface area contributed by atoms with Gasteiger partial charge < -0.3 is 0 Å². The van der Waals surface area contributed by atoms with Crippen molar-refractivity contribution in [3.05, 3.63) is 42.2 Å². The lowest BCUT2D eigenvalue weighted by molar-refractivity contribution is -0.141. The van der Waals surface area contributed by atoms with E-state index in [1.54, 1.807) is 24.3 Å². The number of benzene rings is 1. The first-order valence-electron chi connectivity index (χ1n) is 4.84. The molecule has 7 heteroatoms. The molecule has 0 aliphatic rings. The fourth-order valence-corrected chi connectivity index (χ4v) is 1.76. The van der Waals surface area contributed by atoms with E-state index in [2.05, 4.69) is 5.10 Å². The molecule has 0 bridgehead atoms. The third-order valence-corrected chi connectivity index (χ3v) is 2.81. The number of carbonyl (C=O) groups excluding carboxylic acids is 1. The molecule has 0 spiro atoms. The zero-order chi connectivity index (χ0) is 13.2. The number of hydrogen-bond acceptors (Lipinski definition) is 3. The maximum atomic E-state index is 12.4. The van der Waals surface area contributed by atoms with Crippen molar-refractivity contribution >= 4 is 17.4 Å². The van der Waals surface area contributed by atoms with E-state index in [1.165, 1.54) is 6.20 Å². The van der Waals surface area contributed by atoms with Crippen LogP contribution in [0.4, 0.5) is 13.2 Å². The minimum Gasteiger partial charge on any atom is -0.291 e. The van der Waals surface area contributed by atoms with Crippen LogP contribution in [0.1, 0.15) is 5.69 Å². The molecule has 18 heavy (non-hydrogen) atoms. The summed E-state index contributed by atoms with van der Waals surface area (Å²) in [5.41, 5.74) is 0.250. The van der Waals surface area contributed by atoms with Crippen molar-refractivity contribution < 1.29 is 18.0 Å². The largest absolute Gasteiger partial charge is 0.435 e. The number of alkyl halides is 3. The van der Waals surface area contributed by atoms with Crippen molar-refractivity contribution in [3.63, 3.8) is 0 Å². The van der Waals surface area contributed by atoms with Gasteiger partial charge in [0, 0.05) is 11.1 Å². The Morgan fingerprint density at radius 3 is 2.33 bits per heavy atom. The molecule has 0 saturated heterocycles. The molecule has 0 N–H and O–H groups in total. The van der Waals surface area contributed by atoms with Gasteiger partial charge in [0.25, 0.3) is 0 Å². The second-order valence-corrected chi connectivity index (χ2v) is 4.25. The van der Waals surface area contributed by atoms with E-state index in [0.29, 0.717) is 11.3 Å². The summed E-state index contributed by atoms with van der Waals surface area (Å²) in [6.07, 6.45) is -3.21. The van der Waals surface area contributed by atoms with Crippen LogP contribution >= 0.6 is 11.8 Å². The summed E-state index contributed by atoms with van der Waals surface area (Å²) in [6.45, 7) is 0. The highest BCUT2D eigenvalue weighted by Gasteiger charge is 2.33. The molecule has 0 aliphatic heterocycles. The molecular formula is C11H7F3N2OS. The van der Waals surface area contributed by atoms with Crippen LogP contribution in [0.3, 0.4) is 0 Å². The summed E-state index contributed by atoms with van der Waals surface area (Å²) in [6, 6.07) is 7.39. The lowest BCUT2D eigenvalue weighted by atomic mass is 10.3. The Morgan fingerprint density at radius 2 is 1.83 bits per heavy atom. The van der Waals surface area contributed by atoms with E-state index in [0.717, 1.165) is 27.4 Å². The Labute approximate surface area is 105 Å². The van der Waals surface area contributed by atoms with Crippen LogP contribution < -0.4 is 0 Å². The average molecular weight is 272 g/mol. The predicted molar refractivity (Wildman–Crippen MR) is 61.2 cm³/mol.